The highest BCUT2D eigenvalue weighted by Crippen LogP contribution is 2.30. The summed E-state index contributed by atoms with van der Waals surface area (Å²) < 4.78 is 12.8. The summed E-state index contributed by atoms with van der Waals surface area (Å²) in [6.45, 7) is 2.80. The Morgan fingerprint density at radius 2 is 1.86 bits per heavy atom. The van der Waals surface area contributed by atoms with Crippen LogP contribution in [0.15, 0.2) is 36.5 Å². The molecular formula is C20H25N5O2S. The minimum absolute atomic E-state index is 0.647. The second kappa shape index (κ2) is 8.52. The summed E-state index contributed by atoms with van der Waals surface area (Å²) >= 11 is 1.64. The van der Waals surface area contributed by atoms with Gasteiger partial charge in [0.1, 0.15) is 11.5 Å². The van der Waals surface area contributed by atoms with E-state index in [1.807, 2.05) is 30.5 Å². The van der Waals surface area contributed by atoms with Crippen molar-refractivity contribution in [3.8, 4) is 16.6 Å². The molecule has 0 unspecified atom stereocenters. The van der Waals surface area contributed by atoms with Gasteiger partial charge in [0.15, 0.2) is 0 Å². The molecule has 0 spiro atoms. The van der Waals surface area contributed by atoms with Crippen LogP contribution in [0.4, 0.5) is 10.8 Å². The Balaban J connectivity index is 1.48. The summed E-state index contributed by atoms with van der Waals surface area (Å²) in [5.74, 6) is 1.52. The first-order chi connectivity index (χ1) is 13.8. The van der Waals surface area contributed by atoms with Gasteiger partial charge in [-0.3, -0.25) is 4.57 Å². The van der Waals surface area contributed by atoms with Gasteiger partial charge in [-0.2, -0.15) is 0 Å². The monoisotopic (exact) mass is 399 g/mol. The predicted molar refractivity (Wildman–Crippen MR) is 112 cm³/mol. The molecule has 1 N–H and O–H groups in total. The Morgan fingerprint density at radius 3 is 2.64 bits per heavy atom. The lowest BCUT2D eigenvalue weighted by molar-refractivity contribution is 0.395. The van der Waals surface area contributed by atoms with E-state index in [4.69, 9.17) is 9.47 Å². The molecule has 0 atom stereocenters. The van der Waals surface area contributed by atoms with Crippen LogP contribution in [0.25, 0.3) is 5.13 Å². The smallest absolute Gasteiger partial charge is 0.218 e. The minimum Gasteiger partial charge on any atom is -0.497 e. The van der Waals surface area contributed by atoms with E-state index in [0.717, 1.165) is 46.2 Å². The van der Waals surface area contributed by atoms with Crippen LogP contribution in [0.5, 0.6) is 11.5 Å². The van der Waals surface area contributed by atoms with E-state index in [1.165, 1.54) is 19.3 Å². The highest BCUT2D eigenvalue weighted by Gasteiger charge is 2.17. The van der Waals surface area contributed by atoms with Crippen LogP contribution in [-0.4, -0.2) is 42.1 Å². The molecule has 0 radical (unpaired) electrons. The van der Waals surface area contributed by atoms with Crippen LogP contribution < -0.4 is 19.7 Å². The fourth-order valence-corrected chi connectivity index (χ4v) is 4.31. The number of hydrogen-bond donors (Lipinski definition) is 1. The molecule has 0 bridgehead atoms. The number of anilines is 2. The molecule has 3 aromatic rings. The lowest BCUT2D eigenvalue weighted by Crippen LogP contribution is -2.29. The molecule has 1 saturated heterocycles. The summed E-state index contributed by atoms with van der Waals surface area (Å²) in [5.41, 5.74) is 2.03. The summed E-state index contributed by atoms with van der Waals surface area (Å²) in [6, 6.07) is 9.87. The van der Waals surface area contributed by atoms with E-state index < -0.39 is 0 Å². The maximum absolute atomic E-state index is 5.47. The molecule has 1 aliphatic rings. The molecule has 8 heteroatoms. The van der Waals surface area contributed by atoms with Crippen molar-refractivity contribution in [2.24, 2.45) is 0 Å². The Hall–Kier alpha value is -2.74. The third-order valence-corrected chi connectivity index (χ3v) is 5.92. The molecular weight excluding hydrogens is 374 g/mol. The highest BCUT2D eigenvalue weighted by atomic mass is 32.1. The molecule has 1 aromatic carbocycles. The van der Waals surface area contributed by atoms with Crippen LogP contribution in [0.1, 0.15) is 25.0 Å². The molecule has 3 heterocycles. The second-order valence-electron chi connectivity index (χ2n) is 6.70. The lowest BCUT2D eigenvalue weighted by atomic mass is 10.1. The summed E-state index contributed by atoms with van der Waals surface area (Å²) in [6.07, 6.45) is 5.81. The van der Waals surface area contributed by atoms with Crippen molar-refractivity contribution < 1.29 is 9.47 Å². The van der Waals surface area contributed by atoms with Gasteiger partial charge in [0.2, 0.25) is 10.3 Å². The quantitative estimate of drug-likeness (QED) is 0.649. The minimum atomic E-state index is 0.647. The van der Waals surface area contributed by atoms with Crippen molar-refractivity contribution >= 4 is 22.2 Å². The zero-order chi connectivity index (χ0) is 19.3. The van der Waals surface area contributed by atoms with E-state index in [0.29, 0.717) is 6.54 Å². The van der Waals surface area contributed by atoms with Crippen LogP contribution in [0.3, 0.4) is 0 Å². The molecule has 4 rings (SSSR count). The normalized spacial score (nSPS) is 14.1. The van der Waals surface area contributed by atoms with Crippen molar-refractivity contribution in [3.05, 3.63) is 42.2 Å². The van der Waals surface area contributed by atoms with Gasteiger partial charge in [0, 0.05) is 31.0 Å². The van der Waals surface area contributed by atoms with Crippen molar-refractivity contribution in [1.29, 1.82) is 0 Å². The summed E-state index contributed by atoms with van der Waals surface area (Å²) in [4.78, 5) is 2.34. The third-order valence-electron chi connectivity index (χ3n) is 4.94. The number of aromatic nitrogens is 3. The second-order valence-corrected chi connectivity index (χ2v) is 7.64. The Morgan fingerprint density at radius 1 is 1.04 bits per heavy atom. The van der Waals surface area contributed by atoms with Gasteiger partial charge in [-0.1, -0.05) is 11.3 Å². The lowest BCUT2D eigenvalue weighted by Gasteiger charge is -2.25. The van der Waals surface area contributed by atoms with Gasteiger partial charge in [-0.05, 0) is 43.5 Å². The Labute approximate surface area is 168 Å². The number of nitrogens with zero attached hydrogens (tertiary/aromatic N) is 4. The van der Waals surface area contributed by atoms with Crippen molar-refractivity contribution in [2.45, 2.75) is 25.8 Å². The molecule has 7 nitrogen and oxygen atoms in total. The number of hydrogen-bond acceptors (Lipinski definition) is 7. The van der Waals surface area contributed by atoms with Gasteiger partial charge >= 0.3 is 0 Å². The largest absolute Gasteiger partial charge is 0.497 e. The van der Waals surface area contributed by atoms with Crippen molar-refractivity contribution in [3.63, 3.8) is 0 Å². The van der Waals surface area contributed by atoms with Crippen LogP contribution in [-0.2, 0) is 6.54 Å². The average molecular weight is 400 g/mol. The zero-order valence-electron chi connectivity index (χ0n) is 16.2. The Kier molecular flexibility index (Phi) is 5.66. The third kappa shape index (κ3) is 3.91. The number of benzene rings is 1. The van der Waals surface area contributed by atoms with E-state index in [2.05, 4.69) is 31.0 Å². The topological polar surface area (TPSA) is 64.4 Å². The summed E-state index contributed by atoms with van der Waals surface area (Å²) in [7, 11) is 3.31. The molecule has 1 aliphatic heterocycles. The number of rotatable bonds is 7. The first-order valence-electron chi connectivity index (χ1n) is 9.49. The van der Waals surface area contributed by atoms with Crippen LogP contribution in [0.2, 0.25) is 0 Å². The maximum Gasteiger partial charge on any atom is 0.218 e. The standard InChI is InChI=1S/C20H25N5O2S/c1-26-16-8-9-17(18(13-16)27-2)21-14-15-7-6-12-25(15)20-23-22-19(28-20)24-10-4-3-5-11-24/h6-9,12-13,21H,3-5,10-11,14H2,1-2H3. The van der Waals surface area contributed by atoms with Crippen LogP contribution >= 0.6 is 11.3 Å². The van der Waals surface area contributed by atoms with Gasteiger partial charge in [-0.25, -0.2) is 0 Å². The Bertz CT molecular complexity index is 917. The number of piperidine rings is 1. The fourth-order valence-electron chi connectivity index (χ4n) is 3.40. The first-order valence-corrected chi connectivity index (χ1v) is 10.3. The molecule has 0 amide bonds. The number of nitrogens with one attached hydrogen (secondary N) is 1. The van der Waals surface area contributed by atoms with E-state index in [-0.39, 0.29) is 0 Å². The zero-order valence-corrected chi connectivity index (χ0v) is 17.0. The van der Waals surface area contributed by atoms with E-state index >= 15 is 0 Å². The first kappa shape index (κ1) is 18.6. The highest BCUT2D eigenvalue weighted by molar-refractivity contribution is 7.17. The SMILES string of the molecule is COc1ccc(NCc2cccn2-c2nnc(N3CCCCC3)s2)c(OC)c1. The van der Waals surface area contributed by atoms with E-state index in [9.17, 15) is 0 Å². The van der Waals surface area contributed by atoms with E-state index in [1.54, 1.807) is 25.6 Å². The van der Waals surface area contributed by atoms with Gasteiger partial charge in [-0.15, -0.1) is 10.2 Å². The maximum atomic E-state index is 5.47. The van der Waals surface area contributed by atoms with Gasteiger partial charge in [0.05, 0.1) is 26.5 Å². The number of methoxy groups -OCH3 is 2. The van der Waals surface area contributed by atoms with Crippen LogP contribution in [0, 0.1) is 0 Å². The molecule has 0 saturated carbocycles. The summed E-state index contributed by atoms with van der Waals surface area (Å²) in [5, 5.41) is 14.2. The average Bonchev–Trinajstić information content (AvgIpc) is 3.42. The van der Waals surface area contributed by atoms with Crippen molar-refractivity contribution in [2.75, 3.05) is 37.5 Å². The van der Waals surface area contributed by atoms with Gasteiger partial charge in [0.25, 0.3) is 0 Å². The fraction of sp³-hybridized carbons (Fsp3) is 0.400. The number of ether oxygens (including phenoxy) is 2. The molecule has 2 aromatic heterocycles. The van der Waals surface area contributed by atoms with Gasteiger partial charge < -0.3 is 19.7 Å². The molecule has 28 heavy (non-hydrogen) atoms. The molecule has 1 fully saturated rings. The molecule has 0 aliphatic carbocycles. The predicted octanol–water partition coefficient (Wildman–Crippen LogP) is 3.95. The molecule has 148 valence electrons. The van der Waals surface area contributed by atoms with Crippen molar-refractivity contribution in [1.82, 2.24) is 14.8 Å².